The van der Waals surface area contributed by atoms with E-state index in [1.807, 2.05) is 0 Å². The van der Waals surface area contributed by atoms with E-state index in [9.17, 15) is 13.6 Å². The maximum Gasteiger partial charge on any atom is 0.130 e. The number of unbranched alkanes of at least 4 members (excludes halogenated alkanes) is 1. The Hall–Kier alpha value is -1.25. The minimum atomic E-state index is -0.567. The van der Waals surface area contributed by atoms with Gasteiger partial charge in [0, 0.05) is 12.0 Å². The van der Waals surface area contributed by atoms with Crippen molar-refractivity contribution < 1.29 is 13.6 Å². The maximum atomic E-state index is 14.1. The van der Waals surface area contributed by atoms with E-state index in [-0.39, 0.29) is 17.9 Å². The molecular formula is C27H40F2O. The number of halogens is 2. The molecule has 2 fully saturated rings. The van der Waals surface area contributed by atoms with Crippen molar-refractivity contribution in [2.45, 2.75) is 109 Å². The van der Waals surface area contributed by atoms with Crippen LogP contribution in [0.2, 0.25) is 0 Å². The van der Waals surface area contributed by atoms with Crippen molar-refractivity contribution in [1.29, 1.82) is 0 Å². The molecule has 0 aliphatic heterocycles. The number of hydrogen-bond acceptors (Lipinski definition) is 1. The molecule has 1 aromatic rings. The van der Waals surface area contributed by atoms with Crippen molar-refractivity contribution in [3.8, 4) is 0 Å². The Bertz CT molecular complexity index is 632. The summed E-state index contributed by atoms with van der Waals surface area (Å²) in [4.78, 5) is 10.6. The molecule has 3 heteroatoms. The summed E-state index contributed by atoms with van der Waals surface area (Å²) in [6.45, 7) is 2.31. The fourth-order valence-corrected chi connectivity index (χ4v) is 6.00. The van der Waals surface area contributed by atoms with Crippen molar-refractivity contribution in [2.24, 2.45) is 17.8 Å². The zero-order valence-electron chi connectivity index (χ0n) is 18.8. The van der Waals surface area contributed by atoms with Crippen LogP contribution in [-0.4, -0.2) is 6.29 Å². The molecule has 0 aromatic heterocycles. The van der Waals surface area contributed by atoms with Crippen LogP contribution in [0.15, 0.2) is 12.1 Å². The SMILES string of the molecule is CCCC1CCC(CCCCC2CCC(c3cc(F)c(CC=O)c(F)c3)CC2)CC1. The molecule has 168 valence electrons. The summed E-state index contributed by atoms with van der Waals surface area (Å²) in [5, 5.41) is 0. The summed E-state index contributed by atoms with van der Waals surface area (Å²) < 4.78 is 28.3. The minimum Gasteiger partial charge on any atom is -0.303 e. The van der Waals surface area contributed by atoms with Gasteiger partial charge in [-0.25, -0.2) is 8.78 Å². The van der Waals surface area contributed by atoms with Crippen LogP contribution in [0.3, 0.4) is 0 Å². The molecule has 1 aromatic carbocycles. The molecule has 0 spiro atoms. The van der Waals surface area contributed by atoms with E-state index in [2.05, 4.69) is 6.92 Å². The number of hydrogen-bond donors (Lipinski definition) is 0. The summed E-state index contributed by atoms with van der Waals surface area (Å²) in [6, 6.07) is 2.92. The number of carbonyl (C=O) groups excluding carboxylic acids is 1. The Labute approximate surface area is 182 Å². The second-order valence-electron chi connectivity index (χ2n) is 10.0. The molecule has 0 N–H and O–H groups in total. The monoisotopic (exact) mass is 418 g/mol. The van der Waals surface area contributed by atoms with E-state index in [1.54, 1.807) is 0 Å². The quantitative estimate of drug-likeness (QED) is 0.277. The smallest absolute Gasteiger partial charge is 0.130 e. The van der Waals surface area contributed by atoms with Crippen LogP contribution in [0.5, 0.6) is 0 Å². The summed E-state index contributed by atoms with van der Waals surface area (Å²) in [6.07, 6.45) is 18.8. The van der Waals surface area contributed by atoms with Gasteiger partial charge in [-0.05, 0) is 67.1 Å². The van der Waals surface area contributed by atoms with Gasteiger partial charge in [0.15, 0.2) is 0 Å². The zero-order chi connectivity index (χ0) is 21.3. The topological polar surface area (TPSA) is 17.1 Å². The number of carbonyl (C=O) groups is 1. The van der Waals surface area contributed by atoms with Crippen molar-refractivity contribution in [3.05, 3.63) is 34.9 Å². The molecule has 0 heterocycles. The van der Waals surface area contributed by atoms with Crippen LogP contribution < -0.4 is 0 Å². The van der Waals surface area contributed by atoms with E-state index in [1.165, 1.54) is 89.2 Å². The van der Waals surface area contributed by atoms with E-state index in [4.69, 9.17) is 0 Å². The van der Waals surface area contributed by atoms with Gasteiger partial charge in [0.05, 0.1) is 0 Å². The lowest BCUT2D eigenvalue weighted by Gasteiger charge is -2.30. The molecule has 0 bridgehead atoms. The second kappa shape index (κ2) is 12.0. The van der Waals surface area contributed by atoms with Gasteiger partial charge in [-0.15, -0.1) is 0 Å². The molecule has 30 heavy (non-hydrogen) atoms. The fraction of sp³-hybridized carbons (Fsp3) is 0.741. The molecule has 2 aliphatic rings. The minimum absolute atomic E-state index is 0.0960. The highest BCUT2D eigenvalue weighted by atomic mass is 19.1. The lowest BCUT2D eigenvalue weighted by atomic mass is 9.76. The predicted octanol–water partition coefficient (Wildman–Crippen LogP) is 8.15. The van der Waals surface area contributed by atoms with Crippen LogP contribution in [0, 0.1) is 29.4 Å². The third-order valence-electron chi connectivity index (χ3n) is 7.91. The van der Waals surface area contributed by atoms with Crippen LogP contribution in [-0.2, 0) is 11.2 Å². The normalized spacial score (nSPS) is 27.2. The van der Waals surface area contributed by atoms with E-state index in [0.717, 1.165) is 36.2 Å². The van der Waals surface area contributed by atoms with E-state index in [0.29, 0.717) is 6.29 Å². The molecule has 2 aliphatic carbocycles. The largest absolute Gasteiger partial charge is 0.303 e. The van der Waals surface area contributed by atoms with Gasteiger partial charge >= 0.3 is 0 Å². The molecule has 0 atom stereocenters. The van der Waals surface area contributed by atoms with Gasteiger partial charge < -0.3 is 4.79 Å². The predicted molar refractivity (Wildman–Crippen MR) is 120 cm³/mol. The summed E-state index contributed by atoms with van der Waals surface area (Å²) >= 11 is 0. The maximum absolute atomic E-state index is 14.1. The average molecular weight is 419 g/mol. The molecule has 0 saturated heterocycles. The van der Waals surface area contributed by atoms with Crippen molar-refractivity contribution in [1.82, 2.24) is 0 Å². The lowest BCUT2D eigenvalue weighted by Crippen LogP contribution is -2.15. The van der Waals surface area contributed by atoms with Crippen LogP contribution in [0.4, 0.5) is 8.78 Å². The first-order valence-electron chi connectivity index (χ1n) is 12.5. The van der Waals surface area contributed by atoms with Gasteiger partial charge in [-0.2, -0.15) is 0 Å². The summed E-state index contributed by atoms with van der Waals surface area (Å²) in [7, 11) is 0. The highest BCUT2D eigenvalue weighted by Crippen LogP contribution is 2.39. The third-order valence-corrected chi connectivity index (χ3v) is 7.91. The Kier molecular flexibility index (Phi) is 9.33. The van der Waals surface area contributed by atoms with Crippen molar-refractivity contribution >= 4 is 6.29 Å². The first-order chi connectivity index (χ1) is 14.6. The number of aldehydes is 1. The highest BCUT2D eigenvalue weighted by Gasteiger charge is 2.24. The van der Waals surface area contributed by atoms with Crippen LogP contribution >= 0.6 is 0 Å². The lowest BCUT2D eigenvalue weighted by molar-refractivity contribution is -0.107. The molecule has 1 nitrogen and oxygen atoms in total. The molecule has 0 radical (unpaired) electrons. The van der Waals surface area contributed by atoms with Gasteiger partial charge in [-0.1, -0.05) is 71.1 Å². The third kappa shape index (κ3) is 6.62. The molecular weight excluding hydrogens is 378 g/mol. The number of benzene rings is 1. The van der Waals surface area contributed by atoms with Gasteiger partial charge in [0.2, 0.25) is 0 Å². The Morgan fingerprint density at radius 2 is 1.27 bits per heavy atom. The van der Waals surface area contributed by atoms with E-state index < -0.39 is 11.6 Å². The standard InChI is InChI=1S/C27H40F2O/c1-2-5-20-8-10-21(11-9-20)6-3-4-7-22-12-14-23(15-13-22)24-18-26(28)25(16-17-30)27(29)19-24/h17-23H,2-16H2,1H3. The summed E-state index contributed by atoms with van der Waals surface area (Å²) in [5.74, 6) is 1.88. The average Bonchev–Trinajstić information content (AvgIpc) is 2.75. The Morgan fingerprint density at radius 1 is 0.800 bits per heavy atom. The molecule has 0 unspecified atom stereocenters. The fourth-order valence-electron chi connectivity index (χ4n) is 6.00. The first kappa shape index (κ1) is 23.4. The summed E-state index contributed by atoms with van der Waals surface area (Å²) in [5.41, 5.74) is 0.679. The highest BCUT2D eigenvalue weighted by molar-refractivity contribution is 5.55. The Balaban J connectivity index is 1.34. The van der Waals surface area contributed by atoms with Gasteiger partial charge in [0.1, 0.15) is 17.9 Å². The first-order valence-corrected chi connectivity index (χ1v) is 12.5. The molecule has 2 saturated carbocycles. The Morgan fingerprint density at radius 3 is 1.73 bits per heavy atom. The van der Waals surface area contributed by atoms with Crippen molar-refractivity contribution in [3.63, 3.8) is 0 Å². The van der Waals surface area contributed by atoms with Gasteiger partial charge in [-0.3, -0.25) is 0 Å². The zero-order valence-corrected chi connectivity index (χ0v) is 18.8. The van der Waals surface area contributed by atoms with Crippen LogP contribution in [0.25, 0.3) is 0 Å². The van der Waals surface area contributed by atoms with E-state index >= 15 is 0 Å². The van der Waals surface area contributed by atoms with Gasteiger partial charge in [0.25, 0.3) is 0 Å². The van der Waals surface area contributed by atoms with Crippen LogP contribution in [0.1, 0.15) is 114 Å². The number of rotatable bonds is 10. The molecule has 3 rings (SSSR count). The second-order valence-corrected chi connectivity index (χ2v) is 10.0. The molecule has 0 amide bonds. The van der Waals surface area contributed by atoms with Crippen molar-refractivity contribution in [2.75, 3.05) is 0 Å².